The lowest BCUT2D eigenvalue weighted by Gasteiger charge is -2.45. The van der Waals surface area contributed by atoms with Gasteiger partial charge in [0.15, 0.2) is 0 Å². The average Bonchev–Trinajstić information content (AvgIpc) is 2.35. The quantitative estimate of drug-likeness (QED) is 0.796. The molecule has 0 spiro atoms. The van der Waals surface area contributed by atoms with Crippen LogP contribution in [0.15, 0.2) is 0 Å². The summed E-state index contributed by atoms with van der Waals surface area (Å²) in [5.41, 5.74) is -0.434. The van der Waals surface area contributed by atoms with Crippen LogP contribution < -0.4 is 0 Å². The number of fused-ring (bicyclic) bond motifs is 1. The Morgan fingerprint density at radius 1 is 1.32 bits per heavy atom. The molecule has 0 radical (unpaired) electrons. The highest BCUT2D eigenvalue weighted by molar-refractivity contribution is 5.68. The second-order valence-corrected chi connectivity index (χ2v) is 7.01. The molecule has 0 aromatic heterocycles. The minimum Gasteiger partial charge on any atom is -0.444 e. The first-order valence-corrected chi connectivity index (χ1v) is 7.49. The molecule has 1 heterocycles. The predicted molar refractivity (Wildman–Crippen MR) is 73.8 cm³/mol. The summed E-state index contributed by atoms with van der Waals surface area (Å²) in [7, 11) is 0. The third-order valence-corrected chi connectivity index (χ3v) is 4.45. The van der Waals surface area contributed by atoms with Crippen molar-refractivity contribution in [2.24, 2.45) is 17.8 Å². The molecular formula is C15H27NO3. The van der Waals surface area contributed by atoms with Crippen LogP contribution in [-0.2, 0) is 4.74 Å². The highest BCUT2D eigenvalue weighted by Gasteiger charge is 2.39. The van der Waals surface area contributed by atoms with Crippen molar-refractivity contribution in [3.05, 3.63) is 0 Å². The molecule has 1 saturated heterocycles. The van der Waals surface area contributed by atoms with Gasteiger partial charge in [-0.1, -0.05) is 12.8 Å². The Hall–Kier alpha value is -0.770. The second kappa shape index (κ2) is 5.70. The van der Waals surface area contributed by atoms with Crippen LogP contribution in [0.4, 0.5) is 4.79 Å². The smallest absolute Gasteiger partial charge is 0.410 e. The van der Waals surface area contributed by atoms with Crippen LogP contribution in [0.25, 0.3) is 0 Å². The Morgan fingerprint density at radius 2 is 2.05 bits per heavy atom. The van der Waals surface area contributed by atoms with Crippen molar-refractivity contribution in [2.45, 2.75) is 52.1 Å². The van der Waals surface area contributed by atoms with Crippen LogP contribution in [0.5, 0.6) is 0 Å². The third kappa shape index (κ3) is 3.62. The van der Waals surface area contributed by atoms with E-state index >= 15 is 0 Å². The van der Waals surface area contributed by atoms with Crippen LogP contribution in [0.3, 0.4) is 0 Å². The van der Waals surface area contributed by atoms with Gasteiger partial charge in [0.1, 0.15) is 5.60 Å². The highest BCUT2D eigenvalue weighted by Crippen LogP contribution is 2.40. The molecule has 4 heteroatoms. The first kappa shape index (κ1) is 14.6. The van der Waals surface area contributed by atoms with Gasteiger partial charge >= 0.3 is 6.09 Å². The fourth-order valence-corrected chi connectivity index (χ4v) is 3.50. The van der Waals surface area contributed by atoms with Gasteiger partial charge < -0.3 is 14.7 Å². The summed E-state index contributed by atoms with van der Waals surface area (Å²) in [6, 6.07) is 0. The lowest BCUT2D eigenvalue weighted by atomic mass is 9.69. The van der Waals surface area contributed by atoms with Crippen molar-refractivity contribution < 1.29 is 14.6 Å². The van der Waals surface area contributed by atoms with E-state index < -0.39 is 5.60 Å². The zero-order valence-corrected chi connectivity index (χ0v) is 12.4. The molecule has 110 valence electrons. The van der Waals surface area contributed by atoms with Crippen molar-refractivity contribution in [1.82, 2.24) is 4.90 Å². The summed E-state index contributed by atoms with van der Waals surface area (Å²) in [5.74, 6) is 1.51. The van der Waals surface area contributed by atoms with Gasteiger partial charge in [-0.05, 0) is 51.4 Å². The first-order chi connectivity index (χ1) is 8.90. The van der Waals surface area contributed by atoms with Crippen molar-refractivity contribution in [2.75, 3.05) is 19.7 Å². The molecule has 1 aliphatic heterocycles. The summed E-state index contributed by atoms with van der Waals surface area (Å²) >= 11 is 0. The molecule has 2 rings (SSSR count). The topological polar surface area (TPSA) is 49.8 Å². The summed E-state index contributed by atoms with van der Waals surface area (Å²) in [6.07, 6.45) is 4.43. The average molecular weight is 269 g/mol. The molecule has 4 nitrogen and oxygen atoms in total. The number of carbonyl (C=O) groups excluding carboxylic acids is 1. The van der Waals surface area contributed by atoms with E-state index in [9.17, 15) is 9.90 Å². The fraction of sp³-hybridized carbons (Fsp3) is 0.933. The molecule has 1 aliphatic carbocycles. The maximum absolute atomic E-state index is 12.1. The third-order valence-electron chi connectivity index (χ3n) is 4.45. The van der Waals surface area contributed by atoms with Crippen molar-refractivity contribution in [1.29, 1.82) is 0 Å². The molecule has 2 unspecified atom stereocenters. The second-order valence-electron chi connectivity index (χ2n) is 7.01. The number of aliphatic hydroxyl groups is 1. The van der Waals surface area contributed by atoms with Gasteiger partial charge in [-0.15, -0.1) is 0 Å². The Bertz CT molecular complexity index is 318. The number of nitrogens with zero attached hydrogens (tertiary/aromatic N) is 1. The number of hydrogen-bond acceptors (Lipinski definition) is 3. The Labute approximate surface area is 116 Å². The number of aliphatic hydroxyl groups excluding tert-OH is 1. The molecule has 1 saturated carbocycles. The normalized spacial score (nSPS) is 31.8. The van der Waals surface area contributed by atoms with E-state index in [1.165, 1.54) is 12.8 Å². The Kier molecular flexibility index (Phi) is 4.39. The van der Waals surface area contributed by atoms with E-state index in [0.717, 1.165) is 25.9 Å². The number of hydrogen-bond donors (Lipinski definition) is 1. The minimum absolute atomic E-state index is 0.201. The van der Waals surface area contributed by atoms with E-state index in [4.69, 9.17) is 4.74 Å². The maximum Gasteiger partial charge on any atom is 0.410 e. The van der Waals surface area contributed by atoms with Crippen LogP contribution >= 0.6 is 0 Å². The number of ether oxygens (including phenoxy) is 1. The van der Waals surface area contributed by atoms with Gasteiger partial charge in [0.25, 0.3) is 0 Å². The molecule has 1 N–H and O–H groups in total. The highest BCUT2D eigenvalue weighted by atomic mass is 16.6. The summed E-state index contributed by atoms with van der Waals surface area (Å²) in [4.78, 5) is 14.0. The molecular weight excluding hydrogens is 242 g/mol. The fourth-order valence-electron chi connectivity index (χ4n) is 3.50. The van der Waals surface area contributed by atoms with Gasteiger partial charge in [-0.2, -0.15) is 0 Å². The van der Waals surface area contributed by atoms with Gasteiger partial charge in [0.2, 0.25) is 0 Å². The molecule has 3 atom stereocenters. The number of amides is 1. The predicted octanol–water partition coefficient (Wildman–Crippen LogP) is 2.65. The lowest BCUT2D eigenvalue weighted by Crippen LogP contribution is -2.49. The summed E-state index contributed by atoms with van der Waals surface area (Å²) in [5, 5.41) is 9.51. The number of rotatable bonds is 1. The lowest BCUT2D eigenvalue weighted by molar-refractivity contribution is -0.0120. The van der Waals surface area contributed by atoms with E-state index in [2.05, 4.69) is 0 Å². The van der Waals surface area contributed by atoms with Gasteiger partial charge in [-0.25, -0.2) is 4.79 Å². The molecule has 0 bridgehead atoms. The molecule has 2 aliphatic rings. The van der Waals surface area contributed by atoms with E-state index in [1.54, 1.807) is 0 Å². The first-order valence-electron chi connectivity index (χ1n) is 7.49. The number of likely N-dealkylation sites (tertiary alicyclic amines) is 1. The van der Waals surface area contributed by atoms with Crippen LogP contribution in [0, 0.1) is 17.8 Å². The molecule has 1 amide bonds. The zero-order chi connectivity index (χ0) is 14.0. The molecule has 19 heavy (non-hydrogen) atoms. The summed E-state index contributed by atoms with van der Waals surface area (Å²) < 4.78 is 5.45. The summed E-state index contributed by atoms with van der Waals surface area (Å²) in [6.45, 7) is 7.50. The largest absolute Gasteiger partial charge is 0.444 e. The van der Waals surface area contributed by atoms with Crippen molar-refractivity contribution >= 4 is 6.09 Å². The van der Waals surface area contributed by atoms with Crippen LogP contribution in [0.2, 0.25) is 0 Å². The van der Waals surface area contributed by atoms with Crippen LogP contribution in [0.1, 0.15) is 46.5 Å². The van der Waals surface area contributed by atoms with Gasteiger partial charge in [0.05, 0.1) is 0 Å². The molecule has 0 aromatic carbocycles. The van der Waals surface area contributed by atoms with E-state index in [1.807, 2.05) is 25.7 Å². The van der Waals surface area contributed by atoms with Crippen LogP contribution in [-0.4, -0.2) is 41.4 Å². The standard InChI is InChI=1S/C15H27NO3/c1-15(2,3)19-14(18)16-8-7-11-5-4-6-12(10-17)13(11)9-16/h11-13,17H,4-10H2,1-3H3/t11?,12-,13?/m1/s1. The SMILES string of the molecule is CC(C)(C)OC(=O)N1CCC2CCC[C@H](CO)C2C1. The zero-order valence-electron chi connectivity index (χ0n) is 12.4. The monoisotopic (exact) mass is 269 g/mol. The van der Waals surface area contributed by atoms with E-state index in [0.29, 0.717) is 17.8 Å². The minimum atomic E-state index is -0.434. The molecule has 2 fully saturated rings. The Balaban J connectivity index is 1.97. The van der Waals surface area contributed by atoms with Crippen molar-refractivity contribution in [3.63, 3.8) is 0 Å². The number of piperidine rings is 1. The van der Waals surface area contributed by atoms with Gasteiger partial charge in [-0.3, -0.25) is 0 Å². The van der Waals surface area contributed by atoms with E-state index in [-0.39, 0.29) is 12.7 Å². The Morgan fingerprint density at radius 3 is 2.68 bits per heavy atom. The maximum atomic E-state index is 12.1. The van der Waals surface area contributed by atoms with Crippen molar-refractivity contribution in [3.8, 4) is 0 Å². The van der Waals surface area contributed by atoms with Gasteiger partial charge in [0, 0.05) is 19.7 Å². The molecule has 0 aromatic rings. The number of carbonyl (C=O) groups is 1.